The summed E-state index contributed by atoms with van der Waals surface area (Å²) in [6.45, 7) is 10.2. The van der Waals surface area contributed by atoms with Crippen molar-refractivity contribution >= 4 is 6.09 Å². The molecule has 0 spiro atoms. The van der Waals surface area contributed by atoms with Gasteiger partial charge in [-0.15, -0.1) is 0 Å². The fraction of sp³-hybridized carbons (Fsp3) is 0.950. The molecule has 0 aromatic carbocycles. The summed E-state index contributed by atoms with van der Waals surface area (Å²) >= 11 is 0. The van der Waals surface area contributed by atoms with Crippen LogP contribution >= 0.6 is 0 Å². The molecule has 150 valence electrons. The third-order valence-electron chi connectivity index (χ3n) is 5.52. The molecule has 1 aliphatic carbocycles. The maximum absolute atomic E-state index is 12.1. The van der Waals surface area contributed by atoms with E-state index in [1.165, 1.54) is 0 Å². The van der Waals surface area contributed by atoms with Crippen molar-refractivity contribution in [3.63, 3.8) is 0 Å². The van der Waals surface area contributed by atoms with Crippen LogP contribution in [0.15, 0.2) is 0 Å². The Morgan fingerprint density at radius 2 is 1.65 bits per heavy atom. The standard InChI is InChI=1S/C20H36N2O4/c1-20(2,3)26-19(23)22-10-6-17(7-11-22)25-18-12-15(13-18)14-24-16-4-8-21-9-5-16/h15-18,21H,4-14H2,1-3H3. The number of nitrogens with one attached hydrogen (secondary N) is 1. The number of hydrogen-bond acceptors (Lipinski definition) is 5. The maximum Gasteiger partial charge on any atom is 0.410 e. The number of ether oxygens (including phenoxy) is 3. The lowest BCUT2D eigenvalue weighted by atomic mass is 9.82. The van der Waals surface area contributed by atoms with E-state index in [0.717, 1.165) is 71.3 Å². The van der Waals surface area contributed by atoms with Crippen molar-refractivity contribution in [1.82, 2.24) is 10.2 Å². The van der Waals surface area contributed by atoms with Crippen LogP contribution in [0.4, 0.5) is 4.79 Å². The Labute approximate surface area is 157 Å². The molecule has 6 nitrogen and oxygen atoms in total. The van der Waals surface area contributed by atoms with E-state index < -0.39 is 5.60 Å². The van der Waals surface area contributed by atoms with E-state index in [-0.39, 0.29) is 12.2 Å². The van der Waals surface area contributed by atoms with Gasteiger partial charge in [-0.05, 0) is 78.3 Å². The predicted molar refractivity (Wildman–Crippen MR) is 100 cm³/mol. The lowest BCUT2D eigenvalue weighted by Gasteiger charge is -2.40. The van der Waals surface area contributed by atoms with Crippen molar-refractivity contribution < 1.29 is 19.0 Å². The van der Waals surface area contributed by atoms with E-state index in [1.54, 1.807) is 0 Å². The number of likely N-dealkylation sites (tertiary alicyclic amines) is 1. The van der Waals surface area contributed by atoms with Crippen LogP contribution in [0.3, 0.4) is 0 Å². The van der Waals surface area contributed by atoms with E-state index in [1.807, 2.05) is 25.7 Å². The van der Waals surface area contributed by atoms with Gasteiger partial charge in [-0.2, -0.15) is 0 Å². The maximum atomic E-state index is 12.1. The zero-order chi connectivity index (χ0) is 18.6. The molecule has 3 rings (SSSR count). The summed E-state index contributed by atoms with van der Waals surface area (Å²) in [5.41, 5.74) is -0.429. The van der Waals surface area contributed by atoms with Crippen molar-refractivity contribution in [1.29, 1.82) is 0 Å². The van der Waals surface area contributed by atoms with Gasteiger partial charge in [0, 0.05) is 19.7 Å². The first-order valence-electron chi connectivity index (χ1n) is 10.3. The number of amides is 1. The minimum absolute atomic E-state index is 0.199. The van der Waals surface area contributed by atoms with Crippen LogP contribution in [-0.4, -0.2) is 67.7 Å². The number of carbonyl (C=O) groups is 1. The number of carbonyl (C=O) groups excluding carboxylic acids is 1. The quantitative estimate of drug-likeness (QED) is 0.808. The van der Waals surface area contributed by atoms with Gasteiger partial charge < -0.3 is 24.4 Å². The molecule has 1 amide bonds. The zero-order valence-electron chi connectivity index (χ0n) is 16.7. The molecule has 1 N–H and O–H groups in total. The number of hydrogen-bond donors (Lipinski definition) is 1. The van der Waals surface area contributed by atoms with Crippen molar-refractivity contribution in [2.75, 3.05) is 32.8 Å². The van der Waals surface area contributed by atoms with Gasteiger partial charge in [0.25, 0.3) is 0 Å². The molecular weight excluding hydrogens is 332 g/mol. The Kier molecular flexibility index (Phi) is 6.81. The normalized spacial score (nSPS) is 28.7. The van der Waals surface area contributed by atoms with Gasteiger partial charge in [-0.25, -0.2) is 4.79 Å². The monoisotopic (exact) mass is 368 g/mol. The van der Waals surface area contributed by atoms with E-state index in [2.05, 4.69) is 5.32 Å². The fourth-order valence-corrected chi connectivity index (χ4v) is 3.93. The lowest BCUT2D eigenvalue weighted by molar-refractivity contribution is -0.113. The molecule has 2 heterocycles. The van der Waals surface area contributed by atoms with Gasteiger partial charge in [0.15, 0.2) is 0 Å². The highest BCUT2D eigenvalue weighted by Crippen LogP contribution is 2.33. The smallest absolute Gasteiger partial charge is 0.410 e. The van der Waals surface area contributed by atoms with Gasteiger partial charge in [0.05, 0.1) is 18.3 Å². The molecule has 26 heavy (non-hydrogen) atoms. The molecule has 0 aromatic rings. The van der Waals surface area contributed by atoms with E-state index in [0.29, 0.717) is 18.1 Å². The Bertz CT molecular complexity index is 445. The van der Waals surface area contributed by atoms with Crippen LogP contribution in [0, 0.1) is 5.92 Å². The number of nitrogens with zero attached hydrogens (tertiary/aromatic N) is 1. The van der Waals surface area contributed by atoms with Crippen molar-refractivity contribution in [3.05, 3.63) is 0 Å². The second-order valence-electron chi connectivity index (χ2n) is 9.04. The van der Waals surface area contributed by atoms with Crippen LogP contribution in [0.2, 0.25) is 0 Å². The summed E-state index contributed by atoms with van der Waals surface area (Å²) < 4.78 is 17.7. The number of piperidine rings is 2. The van der Waals surface area contributed by atoms with Gasteiger partial charge in [-0.1, -0.05) is 0 Å². The average Bonchev–Trinajstić information content (AvgIpc) is 2.56. The summed E-state index contributed by atoms with van der Waals surface area (Å²) in [5, 5.41) is 3.37. The Morgan fingerprint density at radius 3 is 2.27 bits per heavy atom. The molecule has 0 bridgehead atoms. The van der Waals surface area contributed by atoms with Crippen molar-refractivity contribution in [2.24, 2.45) is 5.92 Å². The zero-order valence-corrected chi connectivity index (χ0v) is 16.7. The second-order valence-corrected chi connectivity index (χ2v) is 9.04. The molecule has 0 radical (unpaired) electrons. The van der Waals surface area contributed by atoms with Crippen molar-refractivity contribution in [3.8, 4) is 0 Å². The largest absolute Gasteiger partial charge is 0.444 e. The molecule has 3 aliphatic rings. The Hall–Kier alpha value is -0.850. The van der Waals surface area contributed by atoms with Gasteiger partial charge in [0.1, 0.15) is 5.60 Å². The molecule has 0 unspecified atom stereocenters. The molecule has 2 saturated heterocycles. The van der Waals surface area contributed by atoms with Gasteiger partial charge in [-0.3, -0.25) is 0 Å². The first kappa shape index (κ1) is 19.9. The minimum Gasteiger partial charge on any atom is -0.444 e. The van der Waals surface area contributed by atoms with Crippen LogP contribution in [0.5, 0.6) is 0 Å². The second kappa shape index (κ2) is 8.89. The average molecular weight is 369 g/mol. The molecule has 6 heteroatoms. The summed E-state index contributed by atoms with van der Waals surface area (Å²) in [5.74, 6) is 0.664. The SMILES string of the molecule is CC(C)(C)OC(=O)N1CCC(OC2CC(COC3CCNCC3)C2)CC1. The minimum atomic E-state index is -0.429. The third kappa shape index (κ3) is 6.10. The molecule has 3 fully saturated rings. The van der Waals surface area contributed by atoms with Gasteiger partial charge in [0.2, 0.25) is 0 Å². The lowest BCUT2D eigenvalue weighted by Crippen LogP contribution is -2.45. The van der Waals surface area contributed by atoms with E-state index >= 15 is 0 Å². The highest BCUT2D eigenvalue weighted by Gasteiger charge is 2.34. The van der Waals surface area contributed by atoms with Crippen LogP contribution in [-0.2, 0) is 14.2 Å². The highest BCUT2D eigenvalue weighted by molar-refractivity contribution is 5.68. The van der Waals surface area contributed by atoms with Gasteiger partial charge >= 0.3 is 6.09 Å². The summed E-state index contributed by atoms with van der Waals surface area (Å²) in [4.78, 5) is 13.9. The molecule has 0 aromatic heterocycles. The van der Waals surface area contributed by atoms with E-state index in [9.17, 15) is 4.79 Å². The van der Waals surface area contributed by atoms with E-state index in [4.69, 9.17) is 14.2 Å². The molecular formula is C20H36N2O4. The number of rotatable bonds is 5. The first-order valence-corrected chi connectivity index (χ1v) is 10.3. The molecule has 2 aliphatic heterocycles. The summed E-state index contributed by atoms with van der Waals surface area (Å²) in [6, 6.07) is 0. The van der Waals surface area contributed by atoms with Crippen molar-refractivity contribution in [2.45, 2.75) is 83.2 Å². The Balaban J connectivity index is 1.26. The summed E-state index contributed by atoms with van der Waals surface area (Å²) in [6.07, 6.45) is 7.26. The topological polar surface area (TPSA) is 60.0 Å². The third-order valence-corrected chi connectivity index (χ3v) is 5.52. The fourth-order valence-electron chi connectivity index (χ4n) is 3.93. The highest BCUT2D eigenvalue weighted by atomic mass is 16.6. The summed E-state index contributed by atoms with van der Waals surface area (Å²) in [7, 11) is 0. The van der Waals surface area contributed by atoms with Crippen LogP contribution in [0.1, 0.15) is 59.3 Å². The molecule has 1 saturated carbocycles. The first-order chi connectivity index (χ1) is 12.4. The molecule has 0 atom stereocenters. The van der Waals surface area contributed by atoms with Crippen LogP contribution < -0.4 is 5.32 Å². The van der Waals surface area contributed by atoms with Crippen LogP contribution in [0.25, 0.3) is 0 Å². The Morgan fingerprint density at radius 1 is 1.00 bits per heavy atom. The predicted octanol–water partition coefficient (Wildman–Crippen LogP) is 2.95.